The first-order valence-corrected chi connectivity index (χ1v) is 16.0. The predicted molar refractivity (Wildman–Crippen MR) is 179 cm³/mol. The van der Waals surface area contributed by atoms with Crippen molar-refractivity contribution in [3.63, 3.8) is 0 Å². The highest BCUT2D eigenvalue weighted by Gasteiger charge is 2.51. The Morgan fingerprint density at radius 1 is 0.638 bits per heavy atom. The molecule has 0 spiro atoms. The van der Waals surface area contributed by atoms with Crippen LogP contribution in [-0.4, -0.2) is 47.5 Å². The zero-order chi connectivity index (χ0) is 32.9. The first kappa shape index (κ1) is 34.6. The molecule has 0 saturated carbocycles. The molecule has 47 heavy (non-hydrogen) atoms. The third-order valence-electron chi connectivity index (χ3n) is 7.50. The Kier molecular flexibility index (Phi) is 12.8. The summed E-state index contributed by atoms with van der Waals surface area (Å²) in [6.45, 7) is 1.11. The van der Waals surface area contributed by atoms with Gasteiger partial charge in [0.15, 0.2) is 0 Å². The highest BCUT2D eigenvalue weighted by atomic mass is 35.5. The van der Waals surface area contributed by atoms with Gasteiger partial charge in [-0.1, -0.05) is 145 Å². The summed E-state index contributed by atoms with van der Waals surface area (Å²) in [6.07, 6.45) is -4.40. The number of nitriles is 1. The normalized spacial score (nSPS) is 21.1. The summed E-state index contributed by atoms with van der Waals surface area (Å²) in [6, 6.07) is 40.6. The van der Waals surface area contributed by atoms with Crippen molar-refractivity contribution in [2.75, 3.05) is 6.61 Å². The number of nitrogens with one attached hydrogen (secondary N) is 1. The van der Waals surface area contributed by atoms with E-state index in [4.69, 9.17) is 57.0 Å². The number of hydrogen-bond acceptors (Lipinski definition) is 8. The fraction of sp³-hybridized carbons (Fsp3) is 0.297. The Labute approximate surface area is 285 Å². The van der Waals surface area contributed by atoms with Gasteiger partial charge in [-0.25, -0.2) is 0 Å². The molecule has 5 atom stereocenters. The average molecular weight is 676 g/mol. The Morgan fingerprint density at radius 2 is 1.04 bits per heavy atom. The van der Waals surface area contributed by atoms with Crippen LogP contribution in [0, 0.1) is 16.7 Å². The van der Waals surface area contributed by atoms with Crippen LogP contribution in [0.1, 0.15) is 22.3 Å². The average Bonchev–Trinajstić information content (AvgIpc) is 3.11. The molecule has 0 bridgehead atoms. The van der Waals surface area contributed by atoms with Crippen molar-refractivity contribution in [2.24, 2.45) is 0 Å². The maximum absolute atomic E-state index is 9.50. The highest BCUT2D eigenvalue weighted by Crippen LogP contribution is 2.33. The lowest BCUT2D eigenvalue weighted by molar-refractivity contribution is -0.313. The molecule has 0 aliphatic carbocycles. The summed E-state index contributed by atoms with van der Waals surface area (Å²) < 4.78 is 36.0. The lowest BCUT2D eigenvalue weighted by atomic mass is 9.97. The fourth-order valence-electron chi connectivity index (χ4n) is 5.08. The van der Waals surface area contributed by atoms with Crippen LogP contribution in [0.4, 0.5) is 0 Å². The molecular weight excluding hydrogens is 639 g/mol. The summed E-state index contributed by atoms with van der Waals surface area (Å²) >= 11 is 12.2. The van der Waals surface area contributed by atoms with Gasteiger partial charge in [0.2, 0.25) is 12.2 Å². The minimum Gasteiger partial charge on any atom is -0.445 e. The molecule has 1 N–H and O–H groups in total. The van der Waals surface area contributed by atoms with Gasteiger partial charge in [-0.2, -0.15) is 5.26 Å². The molecule has 244 valence electrons. The van der Waals surface area contributed by atoms with E-state index in [0.717, 1.165) is 22.3 Å². The van der Waals surface area contributed by atoms with E-state index in [-0.39, 0.29) is 26.4 Å². The highest BCUT2D eigenvalue weighted by molar-refractivity contribution is 6.59. The van der Waals surface area contributed by atoms with E-state index in [1.807, 2.05) is 121 Å². The number of rotatable bonds is 15. The monoisotopic (exact) mass is 674 g/mol. The van der Waals surface area contributed by atoms with E-state index in [1.165, 1.54) is 0 Å². The first-order valence-electron chi connectivity index (χ1n) is 15.2. The molecule has 1 aliphatic rings. The molecule has 5 rings (SSSR count). The number of halogens is 2. The van der Waals surface area contributed by atoms with Gasteiger partial charge in [-0.3, -0.25) is 5.41 Å². The third kappa shape index (κ3) is 10.1. The van der Waals surface area contributed by atoms with Crippen LogP contribution < -0.4 is 0 Å². The van der Waals surface area contributed by atoms with Gasteiger partial charge < -0.3 is 28.4 Å². The summed E-state index contributed by atoms with van der Waals surface area (Å²) in [5.74, 6) is -0.698. The SMILES string of the molecule is N#CC(Cl)(Cl)C(=N)O[C@H]1O[C@H](COCc2ccccc2)[C@@H](OCc2ccccc2)[C@H](OCc2ccccc2)[C@H]1OCc1ccccc1. The molecule has 1 heterocycles. The lowest BCUT2D eigenvalue weighted by Crippen LogP contribution is -2.62. The topological polar surface area (TPSA) is 103 Å². The Bertz CT molecular complexity index is 1560. The van der Waals surface area contributed by atoms with Crippen molar-refractivity contribution in [3.05, 3.63) is 144 Å². The first-order chi connectivity index (χ1) is 22.9. The number of hydrogen-bond donors (Lipinski definition) is 1. The molecule has 0 aromatic heterocycles. The van der Waals surface area contributed by atoms with E-state index < -0.39 is 40.9 Å². The molecule has 1 fully saturated rings. The van der Waals surface area contributed by atoms with E-state index in [0.29, 0.717) is 6.61 Å². The van der Waals surface area contributed by atoms with E-state index in [1.54, 1.807) is 6.07 Å². The zero-order valence-electron chi connectivity index (χ0n) is 25.6. The van der Waals surface area contributed by atoms with Crippen LogP contribution in [0.25, 0.3) is 0 Å². The second-order valence-corrected chi connectivity index (χ2v) is 12.3. The van der Waals surface area contributed by atoms with Crippen molar-refractivity contribution in [1.29, 1.82) is 10.7 Å². The standard InChI is InChI=1S/C37H36Cl2N2O6/c38-37(39,26-40)36(41)47-35-34(45-24-30-19-11-4-12-20-30)33(44-23-29-17-9-3-10-18-29)32(43-22-28-15-7-2-8-16-28)31(46-35)25-42-21-27-13-5-1-6-14-27/h1-20,31-35,41H,21-25H2/t31-,32-,33+,34-,35-/m1/s1. The quantitative estimate of drug-likeness (QED) is 0.0797. The molecule has 1 aliphatic heterocycles. The summed E-state index contributed by atoms with van der Waals surface area (Å²) in [5, 5.41) is 17.9. The van der Waals surface area contributed by atoms with E-state index >= 15 is 0 Å². The molecule has 4 aromatic carbocycles. The Morgan fingerprint density at radius 3 is 1.49 bits per heavy atom. The van der Waals surface area contributed by atoms with Crippen molar-refractivity contribution in [1.82, 2.24) is 0 Å². The molecule has 0 radical (unpaired) electrons. The van der Waals surface area contributed by atoms with Crippen LogP contribution in [-0.2, 0) is 54.8 Å². The molecule has 0 amide bonds. The van der Waals surface area contributed by atoms with Crippen LogP contribution >= 0.6 is 23.2 Å². The largest absolute Gasteiger partial charge is 0.445 e. The lowest BCUT2D eigenvalue weighted by Gasteiger charge is -2.45. The van der Waals surface area contributed by atoms with Gasteiger partial charge >= 0.3 is 0 Å². The number of alkyl halides is 2. The minimum atomic E-state index is -2.24. The van der Waals surface area contributed by atoms with Crippen molar-refractivity contribution < 1.29 is 28.4 Å². The zero-order valence-corrected chi connectivity index (χ0v) is 27.1. The van der Waals surface area contributed by atoms with Crippen molar-refractivity contribution >= 4 is 29.1 Å². The Hall–Kier alpha value is -3.78. The molecule has 8 nitrogen and oxygen atoms in total. The van der Waals surface area contributed by atoms with Crippen LogP contribution in [0.3, 0.4) is 0 Å². The number of ether oxygens (including phenoxy) is 6. The van der Waals surface area contributed by atoms with Gasteiger partial charge in [0.05, 0.1) is 33.0 Å². The molecule has 10 heteroatoms. The maximum Gasteiger partial charge on any atom is 0.277 e. The third-order valence-corrected chi connectivity index (χ3v) is 8.01. The van der Waals surface area contributed by atoms with E-state index in [2.05, 4.69) is 0 Å². The summed E-state index contributed by atoms with van der Waals surface area (Å²) in [4.78, 5) is 0. The minimum absolute atomic E-state index is 0.100. The number of nitrogens with zero attached hydrogens (tertiary/aromatic N) is 1. The Balaban J connectivity index is 1.47. The van der Waals surface area contributed by atoms with Gasteiger partial charge in [-0.05, 0) is 22.3 Å². The van der Waals surface area contributed by atoms with Gasteiger partial charge in [-0.15, -0.1) is 0 Å². The smallest absolute Gasteiger partial charge is 0.277 e. The van der Waals surface area contributed by atoms with Crippen molar-refractivity contribution in [3.8, 4) is 6.07 Å². The van der Waals surface area contributed by atoms with Crippen LogP contribution in [0.5, 0.6) is 0 Å². The molecule has 1 saturated heterocycles. The second kappa shape index (κ2) is 17.4. The fourth-order valence-corrected chi connectivity index (χ4v) is 5.17. The molecule has 0 unspecified atom stereocenters. The van der Waals surface area contributed by atoms with Crippen LogP contribution in [0.2, 0.25) is 0 Å². The second-order valence-electron chi connectivity index (χ2n) is 11.0. The van der Waals surface area contributed by atoms with Gasteiger partial charge in [0.1, 0.15) is 30.5 Å². The molecular formula is C37H36Cl2N2O6. The summed E-state index contributed by atoms with van der Waals surface area (Å²) in [5.41, 5.74) is 3.79. The predicted octanol–water partition coefficient (Wildman–Crippen LogP) is 7.38. The van der Waals surface area contributed by atoms with Gasteiger partial charge in [0, 0.05) is 0 Å². The van der Waals surface area contributed by atoms with Crippen molar-refractivity contribution in [2.45, 2.75) is 61.5 Å². The van der Waals surface area contributed by atoms with Gasteiger partial charge in [0.25, 0.3) is 4.33 Å². The molecule has 4 aromatic rings. The maximum atomic E-state index is 9.50. The summed E-state index contributed by atoms with van der Waals surface area (Å²) in [7, 11) is 0. The van der Waals surface area contributed by atoms with E-state index in [9.17, 15) is 5.26 Å². The number of benzene rings is 4. The van der Waals surface area contributed by atoms with Crippen LogP contribution in [0.15, 0.2) is 121 Å².